The highest BCUT2D eigenvalue weighted by Crippen LogP contribution is 2.18. The number of rotatable bonds is 5. The minimum Gasteiger partial charge on any atom is -0.444 e. The molecule has 0 spiro atoms. The fraction of sp³-hybridized carbons (Fsp3) is 0.158. The van der Waals surface area contributed by atoms with Crippen LogP contribution in [0.3, 0.4) is 0 Å². The van der Waals surface area contributed by atoms with Crippen molar-refractivity contribution in [2.75, 3.05) is 5.32 Å². The van der Waals surface area contributed by atoms with Crippen molar-refractivity contribution in [3.05, 3.63) is 72.1 Å². The number of aliphatic imine (C=N–C) groups is 1. The minimum absolute atomic E-state index is 0. The van der Waals surface area contributed by atoms with Crippen molar-refractivity contribution in [2.45, 2.75) is 19.9 Å². The van der Waals surface area contributed by atoms with Gasteiger partial charge in [-0.3, -0.25) is 0 Å². The van der Waals surface area contributed by atoms with Gasteiger partial charge in [-0.2, -0.15) is 0 Å². The summed E-state index contributed by atoms with van der Waals surface area (Å²) >= 11 is 0. The molecule has 0 bridgehead atoms. The van der Waals surface area contributed by atoms with Crippen LogP contribution in [0.4, 0.5) is 5.69 Å². The maximum Gasteiger partial charge on any atom is 0.226 e. The molecule has 5 nitrogen and oxygen atoms in total. The summed E-state index contributed by atoms with van der Waals surface area (Å²) in [5, 5.41) is 3.07. The van der Waals surface area contributed by atoms with Crippen molar-refractivity contribution in [2.24, 2.45) is 10.7 Å². The second-order valence-electron chi connectivity index (χ2n) is 5.39. The Labute approximate surface area is 164 Å². The first-order valence-corrected chi connectivity index (χ1v) is 7.90. The van der Waals surface area contributed by atoms with Gasteiger partial charge in [0.2, 0.25) is 5.89 Å². The molecular weight excluding hydrogens is 427 g/mol. The number of benzene rings is 2. The van der Waals surface area contributed by atoms with Gasteiger partial charge in [-0.05, 0) is 36.2 Å². The molecule has 0 amide bonds. The zero-order valence-electron chi connectivity index (χ0n) is 14.0. The molecule has 0 aliphatic carbocycles. The number of halogens is 1. The van der Waals surface area contributed by atoms with E-state index in [0.29, 0.717) is 18.4 Å². The molecule has 0 radical (unpaired) electrons. The summed E-state index contributed by atoms with van der Waals surface area (Å²) in [5.74, 6) is 0.936. The first kappa shape index (κ1) is 19.0. The molecule has 3 N–H and O–H groups in total. The summed E-state index contributed by atoms with van der Waals surface area (Å²) in [6, 6.07) is 17.9. The molecule has 0 saturated heterocycles. The summed E-state index contributed by atoms with van der Waals surface area (Å²) in [5.41, 5.74) is 9.80. The monoisotopic (exact) mass is 448 g/mol. The van der Waals surface area contributed by atoms with E-state index in [1.807, 2.05) is 42.5 Å². The number of nitrogens with two attached hydrogens (primary N) is 1. The van der Waals surface area contributed by atoms with Gasteiger partial charge in [-0.15, -0.1) is 24.0 Å². The Balaban J connectivity index is 0.00000225. The number of guanidine groups is 1. The highest BCUT2D eigenvalue weighted by Gasteiger charge is 2.05. The van der Waals surface area contributed by atoms with Crippen LogP contribution in [0.2, 0.25) is 0 Å². The van der Waals surface area contributed by atoms with Gasteiger partial charge in [-0.1, -0.05) is 37.3 Å². The van der Waals surface area contributed by atoms with E-state index in [9.17, 15) is 0 Å². The zero-order valence-corrected chi connectivity index (χ0v) is 16.3. The second kappa shape index (κ2) is 9.22. The standard InChI is InChI=1S/C19H20N4O.HI/c1-2-14-8-10-16(11-9-14)23-19(20)21-12-17-13-24-18(22-17)15-6-4-3-5-7-15;/h3-11,13H,2,12H2,1H3,(H3,20,21,23);1H. The van der Waals surface area contributed by atoms with E-state index in [1.165, 1.54) is 5.56 Å². The highest BCUT2D eigenvalue weighted by molar-refractivity contribution is 14.0. The number of hydrogen-bond acceptors (Lipinski definition) is 3. The first-order valence-electron chi connectivity index (χ1n) is 7.90. The van der Waals surface area contributed by atoms with Crippen LogP contribution < -0.4 is 11.1 Å². The molecule has 2 aromatic carbocycles. The Hall–Kier alpha value is -2.35. The number of anilines is 1. The lowest BCUT2D eigenvalue weighted by atomic mass is 10.1. The normalized spacial score (nSPS) is 11.0. The van der Waals surface area contributed by atoms with Gasteiger partial charge in [0.1, 0.15) is 12.0 Å². The van der Waals surface area contributed by atoms with Crippen LogP contribution in [0.15, 0.2) is 70.3 Å². The lowest BCUT2D eigenvalue weighted by Gasteiger charge is -2.05. The Bertz CT molecular complexity index is 813. The molecule has 0 atom stereocenters. The van der Waals surface area contributed by atoms with Gasteiger partial charge in [0.05, 0.1) is 6.54 Å². The number of aryl methyl sites for hydroxylation is 1. The quantitative estimate of drug-likeness (QED) is 0.344. The van der Waals surface area contributed by atoms with E-state index in [-0.39, 0.29) is 24.0 Å². The lowest BCUT2D eigenvalue weighted by Crippen LogP contribution is -2.22. The third-order valence-electron chi connectivity index (χ3n) is 3.62. The van der Waals surface area contributed by atoms with E-state index in [0.717, 1.165) is 23.4 Å². The third-order valence-corrected chi connectivity index (χ3v) is 3.62. The van der Waals surface area contributed by atoms with E-state index >= 15 is 0 Å². The number of oxazole rings is 1. The smallest absolute Gasteiger partial charge is 0.226 e. The van der Waals surface area contributed by atoms with Gasteiger partial charge >= 0.3 is 0 Å². The van der Waals surface area contributed by atoms with Gasteiger partial charge in [0.25, 0.3) is 0 Å². The molecule has 0 saturated carbocycles. The molecule has 0 fully saturated rings. The highest BCUT2D eigenvalue weighted by atomic mass is 127. The fourth-order valence-corrected chi connectivity index (χ4v) is 2.27. The fourth-order valence-electron chi connectivity index (χ4n) is 2.27. The SMILES string of the molecule is CCc1ccc(NC(N)=NCc2coc(-c3ccccc3)n2)cc1.I. The van der Waals surface area contributed by atoms with Crippen molar-refractivity contribution in [1.29, 1.82) is 0 Å². The molecule has 25 heavy (non-hydrogen) atoms. The summed E-state index contributed by atoms with van der Waals surface area (Å²) in [6.45, 7) is 2.49. The van der Waals surface area contributed by atoms with Crippen LogP contribution in [0.1, 0.15) is 18.2 Å². The predicted octanol–water partition coefficient (Wildman–Crippen LogP) is 4.45. The second-order valence-corrected chi connectivity index (χ2v) is 5.39. The Morgan fingerprint density at radius 2 is 1.84 bits per heavy atom. The molecule has 6 heteroatoms. The van der Waals surface area contributed by atoms with Crippen LogP contribution >= 0.6 is 24.0 Å². The molecular formula is C19H21IN4O. The van der Waals surface area contributed by atoms with Crippen LogP contribution in [-0.4, -0.2) is 10.9 Å². The Morgan fingerprint density at radius 1 is 1.12 bits per heavy atom. The molecule has 1 heterocycles. The van der Waals surface area contributed by atoms with Gasteiger partial charge < -0.3 is 15.5 Å². The van der Waals surface area contributed by atoms with Crippen molar-refractivity contribution >= 4 is 35.6 Å². The van der Waals surface area contributed by atoms with Gasteiger partial charge in [-0.25, -0.2) is 9.98 Å². The van der Waals surface area contributed by atoms with Gasteiger partial charge in [0, 0.05) is 11.3 Å². The maximum atomic E-state index is 5.92. The number of hydrogen-bond donors (Lipinski definition) is 2. The van der Waals surface area contributed by atoms with E-state index in [2.05, 4.69) is 34.3 Å². The number of nitrogens with zero attached hydrogens (tertiary/aromatic N) is 2. The van der Waals surface area contributed by atoms with Gasteiger partial charge in [0.15, 0.2) is 5.96 Å². The molecule has 1 aromatic heterocycles. The Morgan fingerprint density at radius 3 is 2.52 bits per heavy atom. The Kier molecular flexibility index (Phi) is 7.00. The molecule has 0 unspecified atom stereocenters. The summed E-state index contributed by atoms with van der Waals surface area (Å²) in [4.78, 5) is 8.73. The number of nitrogens with one attached hydrogen (secondary N) is 1. The molecule has 130 valence electrons. The van der Waals surface area contributed by atoms with Crippen molar-refractivity contribution in [3.8, 4) is 11.5 Å². The first-order chi connectivity index (χ1) is 11.7. The van der Waals surface area contributed by atoms with Crippen LogP contribution in [0.5, 0.6) is 0 Å². The van der Waals surface area contributed by atoms with Crippen molar-refractivity contribution in [3.63, 3.8) is 0 Å². The summed E-state index contributed by atoms with van der Waals surface area (Å²) in [7, 11) is 0. The summed E-state index contributed by atoms with van der Waals surface area (Å²) in [6.07, 6.45) is 2.62. The topological polar surface area (TPSA) is 76.4 Å². The van der Waals surface area contributed by atoms with E-state index < -0.39 is 0 Å². The lowest BCUT2D eigenvalue weighted by molar-refractivity contribution is 0.572. The zero-order chi connectivity index (χ0) is 16.8. The number of aromatic nitrogens is 1. The van der Waals surface area contributed by atoms with Crippen molar-refractivity contribution in [1.82, 2.24) is 4.98 Å². The van der Waals surface area contributed by atoms with E-state index in [4.69, 9.17) is 10.2 Å². The molecule has 3 aromatic rings. The third kappa shape index (κ3) is 5.32. The molecule has 0 aliphatic rings. The largest absolute Gasteiger partial charge is 0.444 e. The maximum absolute atomic E-state index is 5.92. The summed E-state index contributed by atoms with van der Waals surface area (Å²) < 4.78 is 5.49. The average molecular weight is 448 g/mol. The average Bonchev–Trinajstić information content (AvgIpc) is 3.10. The van der Waals surface area contributed by atoms with Crippen LogP contribution in [0, 0.1) is 0 Å². The van der Waals surface area contributed by atoms with E-state index in [1.54, 1.807) is 6.26 Å². The molecule has 0 aliphatic heterocycles. The van der Waals surface area contributed by atoms with Crippen molar-refractivity contribution < 1.29 is 4.42 Å². The predicted molar refractivity (Wildman–Crippen MR) is 112 cm³/mol. The van der Waals surface area contributed by atoms with Crippen LogP contribution in [-0.2, 0) is 13.0 Å². The molecule has 3 rings (SSSR count). The van der Waals surface area contributed by atoms with Crippen LogP contribution in [0.25, 0.3) is 11.5 Å². The minimum atomic E-state index is 0.